The van der Waals surface area contributed by atoms with Gasteiger partial charge < -0.3 is 71.1 Å². The molecule has 0 saturated carbocycles. The standard InChI is InChI=1S/C38H39Cl2N3O7.C38H40ClN3O7.C38H42N2O5/c1-20-15-22-11-13-41(2)27-16-21-7-9-23(10-8-21)49-35-31(46-4)19-28(43(44)45)26(34(35)40)17-29-32-24(12-14-42(29)3)33(39)37(47-5)38(48-6)36(32)50-30(20)18-25(22)27;1-21-15-23-11-13-40(2)29-16-22-7-9-25(10-8-22)48-33-18-24(28(42(43)44)20-32(33)45-4)17-30-34-26(12-14-41(30)3)35(39)37(46-5)38(47-6)36(34)49-31(21)19-27(23)29;1-23-17-26-13-15-39(2)30-18-24-7-10-28(11-8-24)44-34-20-25(9-12-32(34)41-4)19-31-36-27(14-16-40(31)3)21-35(42-5)37(43-6)38(36)45-33(23)22-29(26)30/h7-10,15,18-19,27,29H,11-14,16-17H2,1-6H3;7-10,15,18-20,29-30H,11-14,16-17H2,1-6H3;7-12,17,20-22,30-31H,13-16,18-19H2,1-6H3/t27-,29-;29-,30-;30-,31-/m000/s1. The van der Waals surface area contributed by atoms with Crippen molar-refractivity contribution in [2.24, 2.45) is 0 Å². The summed E-state index contributed by atoms with van der Waals surface area (Å²) in [5, 5.41) is 26.1. The molecule has 0 spiro atoms. The van der Waals surface area contributed by atoms with Crippen LogP contribution in [0.5, 0.6) is 121 Å². The molecule has 6 atom stereocenters. The van der Waals surface area contributed by atoms with Gasteiger partial charge >= 0.3 is 0 Å². The smallest absolute Gasteiger partial charge is 0.278 e. The molecule has 0 saturated heterocycles. The van der Waals surface area contributed by atoms with Crippen molar-refractivity contribution in [3.8, 4) is 121 Å². The highest BCUT2D eigenvalue weighted by molar-refractivity contribution is 6.34. The van der Waals surface area contributed by atoms with Gasteiger partial charge in [-0.25, -0.2) is 0 Å². The SMILES string of the molecule is COc1cc([N+](=O)[O-])c2c(Cl)c1Oc1ccc(cc1)C[C@H]1c3cc(c(C)cc3CCN1C)Oc1c(OC)c(OC)c(Cl)c3c1[C@H](C2)N(C)CC3.COc1cc([N+](=O)[O-])c2cc1Oc1ccc(cc1)C[C@H]1c3cc(c(C)cc3CCN1C)Oc1c(OC)c(OC)c(Cl)c3c1[C@H](C2)N(C)CC3.COc1ccc2cc1Oc1ccc(cc1)C[C@H]1c3cc(c(C)cc3CCN1C)Oc1c(OC)c(OC)cc3c1[C@H](C2)N(C)CC3. The van der Waals surface area contributed by atoms with E-state index in [1.807, 2.05) is 63.5 Å². The van der Waals surface area contributed by atoms with Gasteiger partial charge in [0.1, 0.15) is 34.5 Å². The first-order valence-corrected chi connectivity index (χ1v) is 49.9. The van der Waals surface area contributed by atoms with Gasteiger partial charge in [-0.2, -0.15) is 0 Å². The molecule has 0 amide bonds. The molecule has 0 radical (unpaired) electrons. The van der Waals surface area contributed by atoms with Gasteiger partial charge in [0.05, 0.1) is 107 Å². The van der Waals surface area contributed by atoms with Crippen LogP contribution in [0.4, 0.5) is 11.4 Å². The summed E-state index contributed by atoms with van der Waals surface area (Å²) in [6.07, 6.45) is 8.58. The Hall–Kier alpha value is -12.9. The lowest BCUT2D eigenvalue weighted by molar-refractivity contribution is -0.385. The van der Waals surface area contributed by atoms with Crippen molar-refractivity contribution in [3.63, 3.8) is 0 Å². The van der Waals surface area contributed by atoms with Crippen molar-refractivity contribution in [1.82, 2.24) is 29.4 Å². The molecule has 12 aliphatic rings. The highest BCUT2D eigenvalue weighted by Gasteiger charge is 2.44. The molecule has 0 fully saturated rings. The number of aryl methyl sites for hydroxylation is 3. The molecule has 18 bridgehead atoms. The van der Waals surface area contributed by atoms with E-state index in [0.717, 1.165) is 156 Å². The number of methoxy groups -OCH3 is 9. The lowest BCUT2D eigenvalue weighted by atomic mass is 9.86. The summed E-state index contributed by atoms with van der Waals surface area (Å²) < 4.78 is 92.8. The number of ether oxygens (including phenoxy) is 15. The van der Waals surface area contributed by atoms with E-state index < -0.39 is 11.0 Å². The summed E-state index contributed by atoms with van der Waals surface area (Å²) in [6, 6.07) is 50.3. The summed E-state index contributed by atoms with van der Waals surface area (Å²) in [6.45, 7) is 11.4. The minimum Gasteiger partial charge on any atom is -0.493 e. The predicted octanol–water partition coefficient (Wildman–Crippen LogP) is 24.2. The molecule has 0 aliphatic carbocycles. The Morgan fingerprint density at radius 3 is 1.05 bits per heavy atom. The molecule has 0 N–H and O–H groups in total. The first-order valence-electron chi connectivity index (χ1n) is 48.7. The number of halogens is 3. The number of nitrogens with zero attached hydrogens (tertiary/aromatic N) is 8. The van der Waals surface area contributed by atoms with Crippen molar-refractivity contribution in [1.29, 1.82) is 0 Å². The zero-order chi connectivity index (χ0) is 101. The second-order valence-corrected chi connectivity index (χ2v) is 39.9. The van der Waals surface area contributed by atoms with Crippen LogP contribution < -0.4 is 71.1 Å². The molecule has 30 heteroatoms. The third-order valence-electron chi connectivity index (χ3n) is 30.5. The topological polar surface area (TPSA) is 244 Å². The van der Waals surface area contributed by atoms with Crippen LogP contribution in [-0.2, 0) is 77.0 Å². The number of nitro groups is 2. The van der Waals surface area contributed by atoms with E-state index in [1.54, 1.807) is 55.8 Å². The molecule has 144 heavy (non-hydrogen) atoms. The van der Waals surface area contributed by atoms with Crippen LogP contribution in [0, 0.1) is 41.0 Å². The fraction of sp³-hybridized carbons (Fsp3) is 0.368. The monoisotopic (exact) mass is 2010 g/mol. The summed E-state index contributed by atoms with van der Waals surface area (Å²) >= 11 is 21.3. The van der Waals surface area contributed by atoms with Gasteiger partial charge in [0, 0.05) is 104 Å². The Bertz CT molecular complexity index is 6990. The third-order valence-corrected chi connectivity index (χ3v) is 31.7. The van der Waals surface area contributed by atoms with Crippen LogP contribution in [0.1, 0.15) is 153 Å². The summed E-state index contributed by atoms with van der Waals surface area (Å²) in [5.41, 5.74) is 21.6. The lowest BCUT2D eigenvalue weighted by Crippen LogP contribution is -2.34. The van der Waals surface area contributed by atoms with Gasteiger partial charge in [0.2, 0.25) is 17.2 Å². The predicted molar refractivity (Wildman–Crippen MR) is 556 cm³/mol. The van der Waals surface area contributed by atoms with E-state index in [-0.39, 0.29) is 81.6 Å². The second-order valence-electron chi connectivity index (χ2n) is 38.8. The van der Waals surface area contributed by atoms with Gasteiger partial charge in [-0.15, -0.1) is 0 Å². The Kier molecular flexibility index (Phi) is 28.9. The summed E-state index contributed by atoms with van der Waals surface area (Å²) in [7, 11) is 26.9. The van der Waals surface area contributed by atoms with E-state index in [9.17, 15) is 20.2 Å². The van der Waals surface area contributed by atoms with Crippen LogP contribution in [0.3, 0.4) is 0 Å². The second kappa shape index (κ2) is 41.7. The minimum atomic E-state index is -0.460. The first-order chi connectivity index (χ1) is 69.5. The first kappa shape index (κ1) is 99.8. The summed E-state index contributed by atoms with van der Waals surface area (Å²) in [4.78, 5) is 38.2. The van der Waals surface area contributed by atoms with Crippen LogP contribution in [0.15, 0.2) is 152 Å². The van der Waals surface area contributed by atoms with Crippen molar-refractivity contribution >= 4 is 46.2 Å². The molecule has 0 unspecified atom stereocenters. The number of benzene rings is 12. The maximum absolute atomic E-state index is 12.6. The average Bonchev–Trinajstić information content (AvgIpc) is 0.737. The normalized spacial score (nSPS) is 18.9. The van der Waals surface area contributed by atoms with Crippen LogP contribution in [-0.4, -0.2) is 185 Å². The third kappa shape index (κ3) is 19.0. The van der Waals surface area contributed by atoms with Crippen LogP contribution in [0.25, 0.3) is 0 Å². The number of nitro benzene ring substituents is 2. The molecule has 12 heterocycles. The van der Waals surface area contributed by atoms with Crippen molar-refractivity contribution < 1.29 is 80.9 Å². The van der Waals surface area contributed by atoms with Gasteiger partial charge in [0.15, 0.2) is 69.0 Å². The molecular weight excluding hydrogens is 1890 g/mol. The number of likely N-dealkylation sites (N-methyl/N-ethyl adjacent to an activating group) is 6. The van der Waals surface area contributed by atoms with E-state index >= 15 is 0 Å². The zero-order valence-corrected chi connectivity index (χ0v) is 86.9. The van der Waals surface area contributed by atoms with Crippen LogP contribution >= 0.6 is 34.8 Å². The molecule has 24 rings (SSSR count). The largest absolute Gasteiger partial charge is 0.493 e. The number of rotatable bonds is 11. The molecule has 27 nitrogen and oxygen atoms in total. The quantitative estimate of drug-likeness (QED) is 0.0863. The van der Waals surface area contributed by atoms with Crippen molar-refractivity contribution in [2.75, 3.05) is 146 Å². The minimum absolute atomic E-state index is 0.0415. The maximum atomic E-state index is 12.6. The van der Waals surface area contributed by atoms with Gasteiger partial charge in [-0.1, -0.05) is 95.5 Å². The van der Waals surface area contributed by atoms with E-state index in [4.69, 9.17) is 106 Å². The fourth-order valence-corrected chi connectivity index (χ4v) is 23.5. The number of hydrogen-bond acceptors (Lipinski definition) is 25. The Morgan fingerprint density at radius 2 is 0.639 bits per heavy atom. The average molecular weight is 2010 g/mol. The van der Waals surface area contributed by atoms with Gasteiger partial charge in [0.25, 0.3) is 11.4 Å². The molecule has 752 valence electrons. The molecular formula is C114H121Cl3N8O19. The molecule has 12 aromatic carbocycles. The van der Waals surface area contributed by atoms with Gasteiger partial charge in [-0.3, -0.25) is 49.6 Å². The molecule has 12 aromatic rings. The van der Waals surface area contributed by atoms with Crippen molar-refractivity contribution in [2.45, 2.75) is 134 Å². The highest BCUT2D eigenvalue weighted by Crippen LogP contribution is 2.60. The molecule has 0 aromatic heterocycles. The fourth-order valence-electron chi connectivity index (χ4n) is 22.5. The van der Waals surface area contributed by atoms with Crippen molar-refractivity contribution in [3.05, 3.63) is 304 Å². The highest BCUT2D eigenvalue weighted by atomic mass is 35.5. The Morgan fingerprint density at radius 1 is 0.285 bits per heavy atom. The zero-order valence-electron chi connectivity index (χ0n) is 84.6. The van der Waals surface area contributed by atoms with Gasteiger partial charge in [-0.05, 0) is 302 Å². The Labute approximate surface area is 855 Å². The summed E-state index contributed by atoms with van der Waals surface area (Å²) in [5.74, 6) is 11.1. The van der Waals surface area contributed by atoms with Crippen LogP contribution in [0.2, 0.25) is 15.1 Å². The molecule has 12 aliphatic heterocycles. The Balaban J connectivity index is 0.000000137. The number of fused-ring (bicyclic) bond motifs is 6. The lowest BCUT2D eigenvalue weighted by Gasteiger charge is -2.38. The number of hydrogen-bond donors (Lipinski definition) is 0. The maximum Gasteiger partial charge on any atom is 0.278 e. The van der Waals surface area contributed by atoms with E-state index in [0.29, 0.717) is 133 Å². The van der Waals surface area contributed by atoms with E-state index in [2.05, 4.69) is 162 Å². The van der Waals surface area contributed by atoms with E-state index in [1.165, 1.54) is 70.9 Å².